The van der Waals surface area contributed by atoms with Crippen LogP contribution in [-0.2, 0) is 9.73 Å². The number of nitrogens with zero attached hydrogens (tertiary/aromatic N) is 1. The normalized spacial score (nSPS) is 21.4. The molecule has 0 aliphatic carbocycles. The Labute approximate surface area is 127 Å². The monoisotopic (exact) mass is 403 g/mol. The largest absolute Gasteiger partial charge is 0.239 e. The summed E-state index contributed by atoms with van der Waals surface area (Å²) in [5.74, 6) is 0. The third kappa shape index (κ3) is 2.05. The fraction of sp³-hybridized carbons (Fsp3) is 0. The predicted molar refractivity (Wildman–Crippen MR) is 81.2 cm³/mol. The van der Waals surface area contributed by atoms with Crippen LogP contribution in [0.15, 0.2) is 69.9 Å². The minimum absolute atomic E-state index is 0.749. The van der Waals surface area contributed by atoms with Crippen LogP contribution in [0, 0.1) is 0 Å². The van der Waals surface area contributed by atoms with E-state index in [0.29, 0.717) is 0 Å². The molecule has 0 N–H and O–H groups in total. The van der Waals surface area contributed by atoms with Crippen LogP contribution in [0.25, 0.3) is 0 Å². The molecule has 1 unspecified atom stereocenters. The quantitative estimate of drug-likeness (QED) is 0.617. The lowest BCUT2D eigenvalue weighted by Gasteiger charge is -2.06. The average Bonchev–Trinajstić information content (AvgIpc) is 2.68. The summed E-state index contributed by atoms with van der Waals surface area (Å²) < 4.78 is 19.2. The Kier molecular flexibility index (Phi) is 3.30. The standard InChI is InChI=1S/C12H7Br2NOS2/c13-8-1-4-10(5-2-8)18(16)12-6-3-9(14)7-11(12)17-15-18/h1-7H. The summed E-state index contributed by atoms with van der Waals surface area (Å²) in [4.78, 5) is 2.51. The first kappa shape index (κ1) is 12.7. The lowest BCUT2D eigenvalue weighted by molar-refractivity contribution is 0.677. The van der Waals surface area contributed by atoms with Crippen LogP contribution in [-0.4, -0.2) is 4.21 Å². The van der Waals surface area contributed by atoms with E-state index in [2.05, 4.69) is 35.6 Å². The fourth-order valence-electron chi connectivity index (χ4n) is 1.70. The summed E-state index contributed by atoms with van der Waals surface area (Å²) >= 11 is 8.09. The Hall–Kier alpha value is -0.300. The van der Waals surface area contributed by atoms with Crippen molar-refractivity contribution < 1.29 is 4.21 Å². The van der Waals surface area contributed by atoms with E-state index >= 15 is 0 Å². The molecule has 0 fully saturated rings. The van der Waals surface area contributed by atoms with Crippen molar-refractivity contribution in [3.05, 3.63) is 51.4 Å². The third-order valence-corrected chi connectivity index (χ3v) is 7.26. The molecule has 1 aliphatic rings. The highest BCUT2D eigenvalue weighted by Crippen LogP contribution is 2.42. The maximum absolute atomic E-state index is 13.0. The van der Waals surface area contributed by atoms with E-state index in [1.165, 1.54) is 11.9 Å². The predicted octanol–water partition coefficient (Wildman–Crippen LogP) is 5.12. The van der Waals surface area contributed by atoms with Crippen molar-refractivity contribution in [1.29, 1.82) is 0 Å². The molecule has 2 nitrogen and oxygen atoms in total. The lowest BCUT2D eigenvalue weighted by Crippen LogP contribution is -1.98. The van der Waals surface area contributed by atoms with Gasteiger partial charge in [0, 0.05) is 25.8 Å². The van der Waals surface area contributed by atoms with Gasteiger partial charge in [0.2, 0.25) is 0 Å². The van der Waals surface area contributed by atoms with Gasteiger partial charge in [-0.05, 0) is 42.5 Å². The zero-order valence-corrected chi connectivity index (χ0v) is 13.8. The highest BCUT2D eigenvalue weighted by atomic mass is 79.9. The molecule has 92 valence electrons. The Morgan fingerprint density at radius 3 is 2.39 bits per heavy atom. The molecule has 6 heteroatoms. The molecule has 0 aromatic heterocycles. The van der Waals surface area contributed by atoms with E-state index in [-0.39, 0.29) is 0 Å². The van der Waals surface area contributed by atoms with Gasteiger partial charge in [-0.25, -0.2) is 4.21 Å². The molecule has 0 saturated carbocycles. The SMILES string of the molecule is O=S1(c2ccc(Br)cc2)=NSc2cc(Br)ccc21. The smallest absolute Gasteiger partial charge is 0.116 e. The maximum atomic E-state index is 13.0. The van der Waals surface area contributed by atoms with Gasteiger partial charge < -0.3 is 0 Å². The molecule has 0 bridgehead atoms. The van der Waals surface area contributed by atoms with E-state index in [0.717, 1.165) is 23.6 Å². The first-order chi connectivity index (χ1) is 8.59. The molecular formula is C12H7Br2NOS2. The van der Waals surface area contributed by atoms with Crippen molar-refractivity contribution in [2.24, 2.45) is 3.77 Å². The van der Waals surface area contributed by atoms with Gasteiger partial charge in [0.05, 0.1) is 9.79 Å². The summed E-state index contributed by atoms with van der Waals surface area (Å²) in [6, 6.07) is 13.2. The molecular weight excluding hydrogens is 398 g/mol. The Morgan fingerprint density at radius 2 is 1.67 bits per heavy atom. The highest BCUT2D eigenvalue weighted by Gasteiger charge is 2.25. The van der Waals surface area contributed by atoms with Crippen molar-refractivity contribution in [2.45, 2.75) is 14.7 Å². The number of hydrogen-bond donors (Lipinski definition) is 0. The Bertz CT molecular complexity index is 734. The van der Waals surface area contributed by atoms with Crippen molar-refractivity contribution in [3.63, 3.8) is 0 Å². The van der Waals surface area contributed by atoms with Crippen LogP contribution >= 0.6 is 43.8 Å². The number of benzene rings is 2. The summed E-state index contributed by atoms with van der Waals surface area (Å²) in [6.07, 6.45) is 0. The van der Waals surface area contributed by atoms with E-state index in [1.807, 2.05) is 42.5 Å². The van der Waals surface area contributed by atoms with E-state index in [1.54, 1.807) is 0 Å². The van der Waals surface area contributed by atoms with Crippen LogP contribution in [0.1, 0.15) is 0 Å². The number of hydrogen-bond acceptors (Lipinski definition) is 3. The van der Waals surface area contributed by atoms with Gasteiger partial charge in [-0.15, -0.1) is 0 Å². The van der Waals surface area contributed by atoms with Crippen LogP contribution in [0.4, 0.5) is 0 Å². The molecule has 1 atom stereocenters. The molecule has 0 amide bonds. The summed E-state index contributed by atoms with van der Waals surface area (Å²) in [5.41, 5.74) is 0. The zero-order valence-electron chi connectivity index (χ0n) is 8.97. The minimum Gasteiger partial charge on any atom is -0.239 e. The summed E-state index contributed by atoms with van der Waals surface area (Å²) in [7, 11) is -2.48. The molecule has 18 heavy (non-hydrogen) atoms. The van der Waals surface area contributed by atoms with Gasteiger partial charge in [0.15, 0.2) is 0 Å². The average molecular weight is 405 g/mol. The van der Waals surface area contributed by atoms with Crippen molar-refractivity contribution in [2.75, 3.05) is 0 Å². The fourth-order valence-corrected chi connectivity index (χ4v) is 6.02. The van der Waals surface area contributed by atoms with Crippen molar-refractivity contribution >= 4 is 53.5 Å². The second kappa shape index (κ2) is 4.67. The summed E-state index contributed by atoms with van der Waals surface area (Å²) in [6.45, 7) is 0. The van der Waals surface area contributed by atoms with Gasteiger partial charge in [-0.3, -0.25) is 0 Å². The van der Waals surface area contributed by atoms with Gasteiger partial charge in [0.1, 0.15) is 9.73 Å². The second-order valence-electron chi connectivity index (χ2n) is 3.74. The van der Waals surface area contributed by atoms with E-state index in [9.17, 15) is 4.21 Å². The first-order valence-electron chi connectivity index (χ1n) is 5.08. The second-order valence-corrected chi connectivity index (χ2v) is 8.75. The van der Waals surface area contributed by atoms with Crippen LogP contribution in [0.3, 0.4) is 0 Å². The molecule has 0 spiro atoms. The van der Waals surface area contributed by atoms with E-state index in [4.69, 9.17) is 0 Å². The third-order valence-electron chi connectivity index (χ3n) is 2.58. The molecule has 1 aliphatic heterocycles. The Balaban J connectivity index is 2.20. The van der Waals surface area contributed by atoms with Gasteiger partial charge in [-0.1, -0.05) is 31.9 Å². The zero-order chi connectivity index (χ0) is 12.8. The molecule has 2 aromatic rings. The minimum atomic E-state index is -2.48. The molecule has 0 saturated heterocycles. The van der Waals surface area contributed by atoms with Gasteiger partial charge in [-0.2, -0.15) is 3.77 Å². The maximum Gasteiger partial charge on any atom is 0.116 e. The Morgan fingerprint density at radius 1 is 1.00 bits per heavy atom. The van der Waals surface area contributed by atoms with Gasteiger partial charge >= 0.3 is 0 Å². The molecule has 2 aromatic carbocycles. The first-order valence-corrected chi connectivity index (χ1v) is 8.96. The van der Waals surface area contributed by atoms with Crippen molar-refractivity contribution in [3.8, 4) is 0 Å². The molecule has 3 rings (SSSR count). The van der Waals surface area contributed by atoms with Crippen LogP contribution in [0.2, 0.25) is 0 Å². The van der Waals surface area contributed by atoms with Crippen LogP contribution < -0.4 is 0 Å². The number of fused-ring (bicyclic) bond motifs is 1. The highest BCUT2D eigenvalue weighted by molar-refractivity contribution is 9.10. The number of halogens is 2. The van der Waals surface area contributed by atoms with Crippen LogP contribution in [0.5, 0.6) is 0 Å². The van der Waals surface area contributed by atoms with Crippen molar-refractivity contribution in [1.82, 2.24) is 0 Å². The van der Waals surface area contributed by atoms with E-state index < -0.39 is 9.73 Å². The number of rotatable bonds is 1. The molecule has 1 heterocycles. The lowest BCUT2D eigenvalue weighted by atomic mass is 10.4. The van der Waals surface area contributed by atoms with Gasteiger partial charge in [0.25, 0.3) is 0 Å². The topological polar surface area (TPSA) is 29.4 Å². The molecule has 0 radical (unpaired) electrons. The summed E-state index contributed by atoms with van der Waals surface area (Å²) in [5, 5.41) is 0.